The van der Waals surface area contributed by atoms with Gasteiger partial charge >= 0.3 is 0 Å². The van der Waals surface area contributed by atoms with E-state index < -0.39 is 11.9 Å². The Kier molecular flexibility index (Phi) is 4.50. The summed E-state index contributed by atoms with van der Waals surface area (Å²) in [5.74, 6) is -0.251. The molecule has 0 aliphatic carbocycles. The summed E-state index contributed by atoms with van der Waals surface area (Å²) in [6.07, 6.45) is 1.59. The summed E-state index contributed by atoms with van der Waals surface area (Å²) in [6.45, 7) is 5.17. The van der Waals surface area contributed by atoms with Crippen molar-refractivity contribution in [1.29, 1.82) is 0 Å². The maximum atomic E-state index is 14.9. The number of carbonyl (C=O) groups excluding carboxylic acids is 1. The van der Waals surface area contributed by atoms with E-state index in [4.69, 9.17) is 16.3 Å². The van der Waals surface area contributed by atoms with Gasteiger partial charge in [-0.1, -0.05) is 31.9 Å². The first kappa shape index (κ1) is 18.1. The second-order valence-corrected chi connectivity index (χ2v) is 7.64. The van der Waals surface area contributed by atoms with Crippen LogP contribution in [-0.4, -0.2) is 21.4 Å². The fraction of sp³-hybridized carbons (Fsp3) is 0.474. The SMILES string of the molecule is CCCC1Oc2cc(F)c(-c3c(Cl)n4n(c3=O)CC(C)CC4)cc2NC1=O. The molecule has 0 saturated heterocycles. The second-order valence-electron chi connectivity index (χ2n) is 7.28. The minimum absolute atomic E-state index is 0.0728. The Balaban J connectivity index is 1.80. The lowest BCUT2D eigenvalue weighted by atomic mass is 10.0. The smallest absolute Gasteiger partial charge is 0.276 e. The van der Waals surface area contributed by atoms with E-state index in [-0.39, 0.29) is 33.5 Å². The molecule has 2 aliphatic heterocycles. The molecule has 1 aromatic heterocycles. The monoisotopic (exact) mass is 393 g/mol. The van der Waals surface area contributed by atoms with Crippen molar-refractivity contribution in [3.05, 3.63) is 33.5 Å². The molecule has 144 valence electrons. The first-order valence-electron chi connectivity index (χ1n) is 9.21. The minimum atomic E-state index is -0.634. The molecule has 0 bridgehead atoms. The van der Waals surface area contributed by atoms with Crippen LogP contribution >= 0.6 is 11.6 Å². The molecule has 4 rings (SSSR count). The summed E-state index contributed by atoms with van der Waals surface area (Å²) in [4.78, 5) is 25.1. The molecule has 3 heterocycles. The summed E-state index contributed by atoms with van der Waals surface area (Å²) in [7, 11) is 0. The highest BCUT2D eigenvalue weighted by Crippen LogP contribution is 2.38. The van der Waals surface area contributed by atoms with E-state index in [1.807, 2.05) is 6.92 Å². The summed E-state index contributed by atoms with van der Waals surface area (Å²) in [5.41, 5.74) is 0.221. The number of aromatic nitrogens is 2. The van der Waals surface area contributed by atoms with E-state index >= 15 is 0 Å². The van der Waals surface area contributed by atoms with Gasteiger partial charge in [0.2, 0.25) is 0 Å². The Bertz CT molecular complexity index is 982. The van der Waals surface area contributed by atoms with Gasteiger partial charge < -0.3 is 10.1 Å². The number of anilines is 1. The zero-order chi connectivity index (χ0) is 19.3. The van der Waals surface area contributed by atoms with Crippen LogP contribution in [0.4, 0.5) is 10.1 Å². The van der Waals surface area contributed by atoms with Crippen molar-refractivity contribution in [2.24, 2.45) is 5.92 Å². The summed E-state index contributed by atoms with van der Waals surface area (Å²) in [6, 6.07) is 2.65. The van der Waals surface area contributed by atoms with Crippen LogP contribution in [0.5, 0.6) is 5.75 Å². The van der Waals surface area contributed by atoms with Crippen LogP contribution < -0.4 is 15.6 Å². The quantitative estimate of drug-likeness (QED) is 0.865. The fourth-order valence-electron chi connectivity index (χ4n) is 3.73. The fourth-order valence-corrected chi connectivity index (χ4v) is 4.09. The molecule has 6 nitrogen and oxygen atoms in total. The lowest BCUT2D eigenvalue weighted by Crippen LogP contribution is -2.36. The number of halogens is 2. The number of hydrogen-bond donors (Lipinski definition) is 1. The Labute approximate surface area is 160 Å². The molecule has 2 aliphatic rings. The lowest BCUT2D eigenvalue weighted by molar-refractivity contribution is -0.123. The predicted octanol–water partition coefficient (Wildman–Crippen LogP) is 3.65. The van der Waals surface area contributed by atoms with E-state index in [2.05, 4.69) is 12.2 Å². The molecule has 8 heteroatoms. The predicted molar refractivity (Wildman–Crippen MR) is 101 cm³/mol. The van der Waals surface area contributed by atoms with Gasteiger partial charge in [0.05, 0.1) is 11.3 Å². The van der Waals surface area contributed by atoms with E-state index in [0.29, 0.717) is 31.1 Å². The van der Waals surface area contributed by atoms with Gasteiger partial charge in [-0.25, -0.2) is 9.07 Å². The third-order valence-corrected chi connectivity index (χ3v) is 5.58. The van der Waals surface area contributed by atoms with Gasteiger partial charge in [-0.3, -0.25) is 14.3 Å². The molecular formula is C19H21ClFN3O3. The van der Waals surface area contributed by atoms with Crippen molar-refractivity contribution < 1.29 is 13.9 Å². The molecule has 1 N–H and O–H groups in total. The third-order valence-electron chi connectivity index (χ3n) is 5.20. The van der Waals surface area contributed by atoms with Crippen LogP contribution in [0.25, 0.3) is 11.1 Å². The first-order valence-corrected chi connectivity index (χ1v) is 9.59. The number of ether oxygens (including phenoxy) is 1. The maximum absolute atomic E-state index is 14.9. The van der Waals surface area contributed by atoms with Crippen LogP contribution in [0.2, 0.25) is 5.15 Å². The topological polar surface area (TPSA) is 65.3 Å². The molecular weight excluding hydrogens is 373 g/mol. The van der Waals surface area contributed by atoms with Crippen LogP contribution in [0.3, 0.4) is 0 Å². The summed E-state index contributed by atoms with van der Waals surface area (Å²) in [5, 5.41) is 2.97. The van der Waals surface area contributed by atoms with Crippen molar-refractivity contribution in [2.45, 2.75) is 52.3 Å². The molecule has 0 saturated carbocycles. The standard InChI is InChI=1S/C19H21ClFN3O3/c1-3-4-14-18(25)22-13-7-11(12(21)8-15(13)27-14)16-17(20)23-6-5-10(2)9-24(23)19(16)26/h7-8,10,14H,3-6,9H2,1-2H3,(H,22,25). The van der Waals surface area contributed by atoms with Crippen molar-refractivity contribution in [3.63, 3.8) is 0 Å². The Morgan fingerprint density at radius 3 is 2.85 bits per heavy atom. The van der Waals surface area contributed by atoms with E-state index in [1.165, 1.54) is 12.1 Å². The number of fused-ring (bicyclic) bond motifs is 2. The van der Waals surface area contributed by atoms with Gasteiger partial charge in [-0.05, 0) is 24.8 Å². The normalized spacial score (nSPS) is 21.3. The summed E-state index contributed by atoms with van der Waals surface area (Å²) < 4.78 is 23.8. The van der Waals surface area contributed by atoms with Crippen LogP contribution in [0.15, 0.2) is 16.9 Å². The van der Waals surface area contributed by atoms with Crippen LogP contribution in [0.1, 0.15) is 33.1 Å². The van der Waals surface area contributed by atoms with Crippen molar-refractivity contribution in [3.8, 4) is 16.9 Å². The number of hydrogen-bond acceptors (Lipinski definition) is 3. The molecule has 2 atom stereocenters. The van der Waals surface area contributed by atoms with Gasteiger partial charge in [0, 0.05) is 24.7 Å². The zero-order valence-electron chi connectivity index (χ0n) is 15.2. The average molecular weight is 394 g/mol. The molecule has 2 unspecified atom stereocenters. The Morgan fingerprint density at radius 1 is 1.33 bits per heavy atom. The molecule has 27 heavy (non-hydrogen) atoms. The number of carbonyl (C=O) groups is 1. The van der Waals surface area contributed by atoms with Gasteiger partial charge in [0.15, 0.2) is 6.10 Å². The highest BCUT2D eigenvalue weighted by atomic mass is 35.5. The minimum Gasteiger partial charge on any atom is -0.478 e. The highest BCUT2D eigenvalue weighted by Gasteiger charge is 2.31. The molecule has 1 amide bonds. The highest BCUT2D eigenvalue weighted by molar-refractivity contribution is 6.32. The maximum Gasteiger partial charge on any atom is 0.276 e. The number of nitrogens with one attached hydrogen (secondary N) is 1. The van der Waals surface area contributed by atoms with Gasteiger partial charge in [-0.15, -0.1) is 0 Å². The third kappa shape index (κ3) is 2.94. The van der Waals surface area contributed by atoms with Gasteiger partial charge in [0.1, 0.15) is 16.7 Å². The van der Waals surface area contributed by atoms with E-state index in [0.717, 1.165) is 12.8 Å². The Hall–Kier alpha value is -2.28. The first-order chi connectivity index (χ1) is 12.9. The van der Waals surface area contributed by atoms with Crippen molar-refractivity contribution in [2.75, 3.05) is 5.32 Å². The molecule has 0 radical (unpaired) electrons. The van der Waals surface area contributed by atoms with Crippen molar-refractivity contribution >= 4 is 23.2 Å². The number of nitrogens with zero attached hydrogens (tertiary/aromatic N) is 2. The van der Waals surface area contributed by atoms with E-state index in [1.54, 1.807) is 9.36 Å². The molecule has 0 fully saturated rings. The zero-order valence-corrected chi connectivity index (χ0v) is 16.0. The van der Waals surface area contributed by atoms with Crippen LogP contribution in [-0.2, 0) is 17.9 Å². The number of benzene rings is 1. The van der Waals surface area contributed by atoms with E-state index in [9.17, 15) is 14.0 Å². The number of rotatable bonds is 3. The molecule has 1 aromatic carbocycles. The Morgan fingerprint density at radius 2 is 2.11 bits per heavy atom. The average Bonchev–Trinajstić information content (AvgIpc) is 2.86. The van der Waals surface area contributed by atoms with Gasteiger partial charge in [-0.2, -0.15) is 0 Å². The molecule has 2 aromatic rings. The van der Waals surface area contributed by atoms with Crippen LogP contribution in [0, 0.1) is 11.7 Å². The lowest BCUT2D eigenvalue weighted by Gasteiger charge is -2.26. The largest absolute Gasteiger partial charge is 0.478 e. The summed E-state index contributed by atoms with van der Waals surface area (Å²) >= 11 is 6.43. The molecule has 0 spiro atoms. The second kappa shape index (κ2) is 6.71. The van der Waals surface area contributed by atoms with Crippen molar-refractivity contribution in [1.82, 2.24) is 9.36 Å². The van der Waals surface area contributed by atoms with Gasteiger partial charge in [0.25, 0.3) is 11.5 Å². The number of amides is 1.